The number of hydrogen-bond donors (Lipinski definition) is 1. The molecule has 1 aliphatic rings. The van der Waals surface area contributed by atoms with Gasteiger partial charge in [0.2, 0.25) is 0 Å². The maximum absolute atomic E-state index is 13.1. The number of ether oxygens (including phenoxy) is 2. The third-order valence-corrected chi connectivity index (χ3v) is 7.55. The number of carbonyl (C=O) groups excluding carboxylic acids is 1. The van der Waals surface area contributed by atoms with Crippen LogP contribution in [0.1, 0.15) is 61.0 Å². The Morgan fingerprint density at radius 3 is 2.32 bits per heavy atom. The second kappa shape index (κ2) is 12.9. The third-order valence-electron chi connectivity index (χ3n) is 6.58. The fraction of sp³-hybridized carbons (Fsp3) is 0.367. The van der Waals surface area contributed by atoms with Crippen molar-refractivity contribution >= 4 is 17.3 Å². The molecule has 4 atom stereocenters. The Balaban J connectivity index is 1.55. The molecular formula is C30H36N2O4S. The molecule has 0 saturated carbocycles. The van der Waals surface area contributed by atoms with Gasteiger partial charge in [0.05, 0.1) is 12.6 Å². The van der Waals surface area contributed by atoms with Gasteiger partial charge in [0, 0.05) is 23.8 Å². The summed E-state index contributed by atoms with van der Waals surface area (Å²) < 4.78 is 12.3. The number of hydrogen-bond acceptors (Lipinski definition) is 7. The number of carbonyl (C=O) groups is 1. The lowest BCUT2D eigenvalue weighted by Gasteiger charge is -2.34. The van der Waals surface area contributed by atoms with Crippen LogP contribution in [0.4, 0.5) is 0 Å². The van der Waals surface area contributed by atoms with E-state index in [1.54, 1.807) is 35.6 Å². The third kappa shape index (κ3) is 7.01. The van der Waals surface area contributed by atoms with Gasteiger partial charge in [-0.05, 0) is 47.9 Å². The molecule has 1 N–H and O–H groups in total. The first-order chi connectivity index (χ1) is 18.0. The van der Waals surface area contributed by atoms with E-state index in [-0.39, 0.29) is 12.2 Å². The number of nitrogens with zero attached hydrogens (tertiary/aromatic N) is 2. The quantitative estimate of drug-likeness (QED) is 0.295. The van der Waals surface area contributed by atoms with Gasteiger partial charge in [0.15, 0.2) is 6.10 Å². The van der Waals surface area contributed by atoms with Crippen LogP contribution in [0.25, 0.3) is 0 Å². The predicted octanol–water partition coefficient (Wildman–Crippen LogP) is 6.02. The topological polar surface area (TPSA) is 62.2 Å². The molecule has 1 aromatic heterocycles. The summed E-state index contributed by atoms with van der Waals surface area (Å²) in [6, 6.07) is 21.4. The van der Waals surface area contributed by atoms with Gasteiger partial charge in [0.1, 0.15) is 6.10 Å². The van der Waals surface area contributed by atoms with Crippen molar-refractivity contribution in [2.75, 3.05) is 6.54 Å². The van der Waals surface area contributed by atoms with E-state index in [9.17, 15) is 9.90 Å². The minimum atomic E-state index is -1.36. The van der Waals surface area contributed by atoms with E-state index < -0.39 is 18.4 Å². The van der Waals surface area contributed by atoms with Gasteiger partial charge in [-0.25, -0.2) is 4.79 Å². The summed E-state index contributed by atoms with van der Waals surface area (Å²) in [7, 11) is 0. The highest BCUT2D eigenvalue weighted by Gasteiger charge is 2.34. The second-order valence-electron chi connectivity index (χ2n) is 9.27. The fourth-order valence-corrected chi connectivity index (χ4v) is 4.95. The molecule has 0 bridgehead atoms. The molecule has 0 saturated heterocycles. The number of aliphatic hydroxyl groups excluding tert-OH is 1. The SMILES string of the molecule is CCc1ccc(CN2C=CN(CC(OC(C)CC)c3cccs3)C2OC(=O)[C@H](O)c2ccccc2)cc1. The van der Waals surface area contributed by atoms with Crippen LogP contribution in [0.2, 0.25) is 0 Å². The van der Waals surface area contributed by atoms with Gasteiger partial charge in [-0.15, -0.1) is 11.3 Å². The molecule has 0 spiro atoms. The Hall–Kier alpha value is -3.13. The minimum Gasteiger partial charge on any atom is -0.420 e. The molecular weight excluding hydrogens is 484 g/mol. The molecule has 1 aliphatic heterocycles. The van der Waals surface area contributed by atoms with E-state index in [2.05, 4.69) is 51.1 Å². The Kier molecular flexibility index (Phi) is 9.39. The number of thiophene rings is 1. The van der Waals surface area contributed by atoms with E-state index >= 15 is 0 Å². The van der Waals surface area contributed by atoms with Crippen LogP contribution in [0.15, 0.2) is 84.5 Å². The zero-order valence-corrected chi connectivity index (χ0v) is 22.5. The monoisotopic (exact) mass is 520 g/mol. The fourth-order valence-electron chi connectivity index (χ4n) is 4.20. The molecule has 0 amide bonds. The molecule has 2 aromatic carbocycles. The summed E-state index contributed by atoms with van der Waals surface area (Å²) >= 11 is 1.65. The highest BCUT2D eigenvalue weighted by atomic mass is 32.1. The van der Waals surface area contributed by atoms with Gasteiger partial charge in [0.25, 0.3) is 6.35 Å². The van der Waals surface area contributed by atoms with Gasteiger partial charge in [-0.2, -0.15) is 0 Å². The summed E-state index contributed by atoms with van der Waals surface area (Å²) in [4.78, 5) is 18.2. The first kappa shape index (κ1) is 26.9. The highest BCUT2D eigenvalue weighted by Crippen LogP contribution is 2.30. The van der Waals surface area contributed by atoms with Crippen molar-refractivity contribution in [3.63, 3.8) is 0 Å². The van der Waals surface area contributed by atoms with E-state index in [0.29, 0.717) is 18.7 Å². The number of esters is 1. The minimum absolute atomic E-state index is 0.0905. The zero-order valence-electron chi connectivity index (χ0n) is 21.7. The Labute approximate surface area is 223 Å². The smallest absolute Gasteiger partial charge is 0.342 e. The lowest BCUT2D eigenvalue weighted by molar-refractivity contribution is -0.182. The normalized spacial score (nSPS) is 17.6. The van der Waals surface area contributed by atoms with Crippen LogP contribution in [0.5, 0.6) is 0 Å². The Morgan fingerprint density at radius 2 is 1.68 bits per heavy atom. The molecule has 0 aliphatic carbocycles. The first-order valence-electron chi connectivity index (χ1n) is 12.9. The van der Waals surface area contributed by atoms with Crippen molar-refractivity contribution in [1.82, 2.24) is 9.80 Å². The zero-order chi connectivity index (χ0) is 26.2. The van der Waals surface area contributed by atoms with Gasteiger partial charge < -0.3 is 24.4 Å². The largest absolute Gasteiger partial charge is 0.420 e. The van der Waals surface area contributed by atoms with Crippen molar-refractivity contribution in [3.8, 4) is 0 Å². The van der Waals surface area contributed by atoms with E-state index in [4.69, 9.17) is 9.47 Å². The number of rotatable bonds is 12. The lowest BCUT2D eigenvalue weighted by atomic mass is 10.1. The van der Waals surface area contributed by atoms with Gasteiger partial charge in [-0.3, -0.25) is 0 Å². The average Bonchev–Trinajstić information content (AvgIpc) is 3.60. The first-order valence-corrected chi connectivity index (χ1v) is 13.8. The van der Waals surface area contributed by atoms with E-state index in [0.717, 1.165) is 23.3 Å². The molecule has 3 aromatic rings. The van der Waals surface area contributed by atoms with Crippen molar-refractivity contribution in [2.24, 2.45) is 0 Å². The Bertz CT molecular complexity index is 1130. The summed E-state index contributed by atoms with van der Waals surface area (Å²) in [6.07, 6.45) is 3.60. The predicted molar refractivity (Wildman–Crippen MR) is 146 cm³/mol. The molecule has 0 radical (unpaired) electrons. The van der Waals surface area contributed by atoms with Crippen LogP contribution in [0.3, 0.4) is 0 Å². The van der Waals surface area contributed by atoms with Gasteiger partial charge in [-0.1, -0.05) is 74.5 Å². The molecule has 37 heavy (non-hydrogen) atoms. The molecule has 196 valence electrons. The summed E-state index contributed by atoms with van der Waals surface area (Å²) in [5.41, 5.74) is 2.89. The summed E-state index contributed by atoms with van der Waals surface area (Å²) in [6.45, 7) is 7.38. The van der Waals surface area contributed by atoms with Crippen molar-refractivity contribution < 1.29 is 19.4 Å². The van der Waals surface area contributed by atoms with Gasteiger partial charge >= 0.3 is 5.97 Å². The van der Waals surface area contributed by atoms with E-state index in [1.165, 1.54) is 5.56 Å². The molecule has 2 heterocycles. The maximum atomic E-state index is 13.1. The maximum Gasteiger partial charge on any atom is 0.342 e. The second-order valence-corrected chi connectivity index (χ2v) is 10.3. The Morgan fingerprint density at radius 1 is 0.973 bits per heavy atom. The molecule has 6 nitrogen and oxygen atoms in total. The number of benzene rings is 2. The standard InChI is InChI=1S/C30H36N2O4S/c1-4-22(3)35-26(27-12-9-19-37-27)21-32-18-17-31(20-24-15-13-23(5-2)14-16-24)30(32)36-29(34)28(33)25-10-7-6-8-11-25/h6-19,22,26,28,30,33H,4-5,20-21H2,1-3H3/t22?,26?,28-,30?/m1/s1. The van der Waals surface area contributed by atoms with Crippen molar-refractivity contribution in [3.05, 3.63) is 106 Å². The van der Waals surface area contributed by atoms with Crippen molar-refractivity contribution in [1.29, 1.82) is 0 Å². The van der Waals surface area contributed by atoms with Crippen LogP contribution in [-0.4, -0.2) is 39.9 Å². The molecule has 7 heteroatoms. The van der Waals surface area contributed by atoms with Crippen LogP contribution < -0.4 is 0 Å². The molecule has 3 unspecified atom stereocenters. The molecule has 0 fully saturated rings. The van der Waals surface area contributed by atoms with Crippen LogP contribution in [0, 0.1) is 0 Å². The van der Waals surface area contributed by atoms with Crippen molar-refractivity contribution in [2.45, 2.75) is 64.8 Å². The summed E-state index contributed by atoms with van der Waals surface area (Å²) in [5.74, 6) is -0.688. The van der Waals surface area contributed by atoms with E-state index in [1.807, 2.05) is 39.7 Å². The highest BCUT2D eigenvalue weighted by molar-refractivity contribution is 7.10. The van der Waals surface area contributed by atoms with Crippen LogP contribution in [-0.2, 0) is 27.2 Å². The lowest BCUT2D eigenvalue weighted by Crippen LogP contribution is -2.44. The summed E-state index contributed by atoms with van der Waals surface area (Å²) in [5, 5.41) is 12.7. The molecule has 4 rings (SSSR count). The average molecular weight is 521 g/mol. The van der Waals surface area contributed by atoms with Crippen LogP contribution >= 0.6 is 11.3 Å². The number of aliphatic hydroxyl groups is 1. The number of aryl methyl sites for hydroxylation is 1.